The van der Waals surface area contributed by atoms with Crippen LogP contribution in [0.4, 0.5) is 5.69 Å². The molecule has 3 rings (SSSR count). The molecule has 2 heterocycles. The third-order valence-electron chi connectivity index (χ3n) is 4.52. The van der Waals surface area contributed by atoms with Gasteiger partial charge in [0, 0.05) is 36.7 Å². The van der Waals surface area contributed by atoms with Gasteiger partial charge >= 0.3 is 0 Å². The van der Waals surface area contributed by atoms with Crippen molar-refractivity contribution in [2.75, 3.05) is 13.1 Å². The molecule has 1 aromatic heterocycles. The lowest BCUT2D eigenvalue weighted by Crippen LogP contribution is -2.53. The van der Waals surface area contributed by atoms with E-state index in [2.05, 4.69) is 0 Å². The molecule has 1 saturated heterocycles. The van der Waals surface area contributed by atoms with Gasteiger partial charge in [0.1, 0.15) is 5.58 Å². The summed E-state index contributed by atoms with van der Waals surface area (Å²) in [4.78, 5) is 24.7. The molecule has 1 aliphatic rings. The summed E-state index contributed by atoms with van der Waals surface area (Å²) in [5.74, 6) is -0.00408. The number of rotatable bonds is 2. The van der Waals surface area contributed by atoms with E-state index in [1.807, 2.05) is 13.8 Å². The normalized spacial score (nSPS) is 19.8. The van der Waals surface area contributed by atoms with E-state index in [-0.39, 0.29) is 41.2 Å². The van der Waals surface area contributed by atoms with Gasteiger partial charge in [-0.05, 0) is 24.0 Å². The first-order chi connectivity index (χ1) is 10.8. The monoisotopic (exact) mass is 353 g/mol. The number of carbonyl (C=O) groups excluding carboxylic acids is 1. The lowest BCUT2D eigenvalue weighted by molar-refractivity contribution is -0.384. The number of nitro benzene ring substituents is 1. The van der Waals surface area contributed by atoms with E-state index in [0.717, 1.165) is 6.42 Å². The minimum Gasteiger partial charge on any atom is -0.451 e. The molecule has 8 heteroatoms. The fourth-order valence-electron chi connectivity index (χ4n) is 2.95. The standard InChI is InChI=1S/C16H19N3O4.ClH/c1-16(2)9-18(6-5-14(16)17)15(20)13-8-10-7-11(19(21)22)3-4-12(10)23-13;/h3-4,7-8,14H,5-6,9,17H2,1-2H3;1H. The number of nitrogens with zero attached hydrogens (tertiary/aromatic N) is 2. The quantitative estimate of drug-likeness (QED) is 0.660. The summed E-state index contributed by atoms with van der Waals surface area (Å²) < 4.78 is 5.57. The second kappa shape index (κ2) is 6.41. The summed E-state index contributed by atoms with van der Waals surface area (Å²) in [5.41, 5.74) is 6.38. The molecule has 24 heavy (non-hydrogen) atoms. The van der Waals surface area contributed by atoms with Crippen molar-refractivity contribution in [1.82, 2.24) is 4.90 Å². The summed E-state index contributed by atoms with van der Waals surface area (Å²) in [7, 11) is 0. The van der Waals surface area contributed by atoms with E-state index in [1.54, 1.807) is 11.0 Å². The first-order valence-electron chi connectivity index (χ1n) is 7.51. The lowest BCUT2D eigenvalue weighted by atomic mass is 9.79. The molecular formula is C16H20ClN3O4. The number of likely N-dealkylation sites (tertiary alicyclic amines) is 1. The number of hydrogen-bond acceptors (Lipinski definition) is 5. The van der Waals surface area contributed by atoms with E-state index in [9.17, 15) is 14.9 Å². The van der Waals surface area contributed by atoms with E-state index in [4.69, 9.17) is 10.2 Å². The van der Waals surface area contributed by atoms with Crippen LogP contribution in [0.5, 0.6) is 0 Å². The SMILES string of the molecule is CC1(C)CN(C(=O)c2cc3cc([N+](=O)[O-])ccc3o2)CCC1N.Cl. The Bertz CT molecular complexity index is 787. The topological polar surface area (TPSA) is 103 Å². The van der Waals surface area contributed by atoms with Crippen molar-refractivity contribution in [2.45, 2.75) is 26.3 Å². The lowest BCUT2D eigenvalue weighted by Gasteiger charge is -2.42. The molecule has 1 amide bonds. The van der Waals surface area contributed by atoms with Gasteiger partial charge in [-0.25, -0.2) is 0 Å². The van der Waals surface area contributed by atoms with Gasteiger partial charge in [-0.2, -0.15) is 0 Å². The molecule has 2 N–H and O–H groups in total. The number of nitro groups is 1. The Hall–Kier alpha value is -2.12. The van der Waals surface area contributed by atoms with E-state index < -0.39 is 4.92 Å². The van der Waals surface area contributed by atoms with Crippen LogP contribution in [0.15, 0.2) is 28.7 Å². The Kier molecular flexibility index (Phi) is 4.87. The maximum Gasteiger partial charge on any atom is 0.289 e. The minimum absolute atomic E-state index is 0. The van der Waals surface area contributed by atoms with Crippen LogP contribution in [0.2, 0.25) is 0 Å². The van der Waals surface area contributed by atoms with E-state index in [1.165, 1.54) is 18.2 Å². The van der Waals surface area contributed by atoms with Gasteiger partial charge in [0.15, 0.2) is 5.76 Å². The molecule has 0 bridgehead atoms. The third-order valence-corrected chi connectivity index (χ3v) is 4.52. The average Bonchev–Trinajstić information content (AvgIpc) is 2.92. The van der Waals surface area contributed by atoms with Crippen LogP contribution in [-0.4, -0.2) is 34.9 Å². The highest BCUT2D eigenvalue weighted by atomic mass is 35.5. The molecule has 0 spiro atoms. The number of carbonyl (C=O) groups is 1. The van der Waals surface area contributed by atoms with Gasteiger partial charge in [0.25, 0.3) is 11.6 Å². The molecule has 1 atom stereocenters. The van der Waals surface area contributed by atoms with Gasteiger partial charge in [0.05, 0.1) is 4.92 Å². The first-order valence-corrected chi connectivity index (χ1v) is 7.51. The smallest absolute Gasteiger partial charge is 0.289 e. The molecule has 7 nitrogen and oxygen atoms in total. The summed E-state index contributed by atoms with van der Waals surface area (Å²) in [6.07, 6.45) is 0.741. The zero-order valence-corrected chi connectivity index (χ0v) is 14.3. The number of benzene rings is 1. The number of amides is 1. The van der Waals surface area contributed by atoms with Gasteiger partial charge in [-0.15, -0.1) is 12.4 Å². The Balaban J connectivity index is 0.00000208. The molecule has 2 aromatic rings. The van der Waals surface area contributed by atoms with Gasteiger partial charge in [-0.3, -0.25) is 14.9 Å². The van der Waals surface area contributed by atoms with Crippen molar-refractivity contribution < 1.29 is 14.1 Å². The van der Waals surface area contributed by atoms with Crippen molar-refractivity contribution >= 4 is 35.0 Å². The van der Waals surface area contributed by atoms with Crippen LogP contribution in [0.3, 0.4) is 0 Å². The molecule has 0 saturated carbocycles. The second-order valence-corrected chi connectivity index (χ2v) is 6.70. The minimum atomic E-state index is -0.470. The van der Waals surface area contributed by atoms with Crippen LogP contribution in [0.25, 0.3) is 11.0 Å². The zero-order valence-electron chi connectivity index (χ0n) is 13.5. The number of furan rings is 1. The van der Waals surface area contributed by atoms with Gasteiger partial charge in [-0.1, -0.05) is 13.8 Å². The number of nitrogens with two attached hydrogens (primary N) is 1. The van der Waals surface area contributed by atoms with Crippen LogP contribution in [0.1, 0.15) is 30.8 Å². The highest BCUT2D eigenvalue weighted by molar-refractivity contribution is 5.96. The van der Waals surface area contributed by atoms with Crippen molar-refractivity contribution in [3.63, 3.8) is 0 Å². The second-order valence-electron chi connectivity index (χ2n) is 6.70. The van der Waals surface area contributed by atoms with Crippen molar-refractivity contribution in [3.8, 4) is 0 Å². The molecule has 0 radical (unpaired) electrons. The fraction of sp³-hybridized carbons (Fsp3) is 0.438. The van der Waals surface area contributed by atoms with Crippen LogP contribution < -0.4 is 5.73 Å². The fourth-order valence-corrected chi connectivity index (χ4v) is 2.95. The number of non-ortho nitro benzene ring substituents is 1. The molecule has 1 aliphatic heterocycles. The van der Waals surface area contributed by atoms with E-state index in [0.29, 0.717) is 24.1 Å². The third kappa shape index (κ3) is 3.22. The number of piperidine rings is 1. The Morgan fingerprint density at radius 2 is 2.12 bits per heavy atom. The van der Waals surface area contributed by atoms with Crippen molar-refractivity contribution in [1.29, 1.82) is 0 Å². The van der Waals surface area contributed by atoms with Crippen molar-refractivity contribution in [2.24, 2.45) is 11.1 Å². The molecule has 0 aliphatic carbocycles. The summed E-state index contributed by atoms with van der Waals surface area (Å²) in [6, 6.07) is 5.91. The zero-order chi connectivity index (χ0) is 16.8. The van der Waals surface area contributed by atoms with Gasteiger partial charge < -0.3 is 15.1 Å². The number of fused-ring (bicyclic) bond motifs is 1. The predicted octanol–water partition coefficient (Wildman–Crippen LogP) is 2.96. The molecular weight excluding hydrogens is 334 g/mol. The number of hydrogen-bond donors (Lipinski definition) is 1. The Labute approximate surface area is 145 Å². The van der Waals surface area contributed by atoms with Crippen LogP contribution in [0, 0.1) is 15.5 Å². The molecule has 1 aromatic carbocycles. The van der Waals surface area contributed by atoms with E-state index >= 15 is 0 Å². The van der Waals surface area contributed by atoms with Crippen LogP contribution >= 0.6 is 12.4 Å². The summed E-state index contributed by atoms with van der Waals surface area (Å²) in [5, 5.41) is 11.4. The largest absolute Gasteiger partial charge is 0.451 e. The van der Waals surface area contributed by atoms with Crippen LogP contribution in [-0.2, 0) is 0 Å². The maximum atomic E-state index is 12.6. The highest BCUT2D eigenvalue weighted by Crippen LogP contribution is 2.30. The Morgan fingerprint density at radius 1 is 1.42 bits per heavy atom. The Morgan fingerprint density at radius 3 is 2.75 bits per heavy atom. The van der Waals surface area contributed by atoms with Crippen molar-refractivity contribution in [3.05, 3.63) is 40.1 Å². The number of halogens is 1. The molecule has 130 valence electrons. The molecule has 1 unspecified atom stereocenters. The summed E-state index contributed by atoms with van der Waals surface area (Å²) in [6.45, 7) is 5.23. The highest BCUT2D eigenvalue weighted by Gasteiger charge is 2.36. The summed E-state index contributed by atoms with van der Waals surface area (Å²) >= 11 is 0. The average molecular weight is 354 g/mol. The first kappa shape index (κ1) is 18.2. The predicted molar refractivity (Wildman–Crippen MR) is 92.4 cm³/mol. The van der Waals surface area contributed by atoms with Gasteiger partial charge in [0.2, 0.25) is 0 Å². The molecule has 1 fully saturated rings. The maximum absolute atomic E-state index is 12.6.